The summed E-state index contributed by atoms with van der Waals surface area (Å²) in [6.45, 7) is 5.62. The lowest BCUT2D eigenvalue weighted by Gasteiger charge is -2.10. The van der Waals surface area contributed by atoms with Crippen LogP contribution < -0.4 is 10.9 Å². The smallest absolute Gasteiger partial charge is 0.262 e. The molecular weight excluding hydrogens is 310 g/mol. The summed E-state index contributed by atoms with van der Waals surface area (Å²) in [5.41, 5.74) is 1.67. The normalized spacial score (nSPS) is 10.9. The van der Waals surface area contributed by atoms with Gasteiger partial charge in [0, 0.05) is 10.6 Å². The molecular formula is C17H17N3O2S. The summed E-state index contributed by atoms with van der Waals surface area (Å²) in [5.74, 6) is 0.301. The number of fused-ring (bicyclic) bond motifs is 1. The van der Waals surface area contributed by atoms with E-state index in [1.54, 1.807) is 6.92 Å². The molecule has 2 aromatic heterocycles. The predicted molar refractivity (Wildman–Crippen MR) is 93.2 cm³/mol. The Labute approximate surface area is 137 Å². The first-order valence-corrected chi connectivity index (χ1v) is 8.10. The van der Waals surface area contributed by atoms with Crippen LogP contribution in [0.1, 0.15) is 16.3 Å². The number of aromatic nitrogens is 2. The van der Waals surface area contributed by atoms with Gasteiger partial charge in [-0.1, -0.05) is 17.7 Å². The number of amides is 1. The summed E-state index contributed by atoms with van der Waals surface area (Å²) in [6.07, 6.45) is 0. The van der Waals surface area contributed by atoms with E-state index in [1.807, 2.05) is 44.2 Å². The molecule has 3 aromatic rings. The second-order valence-corrected chi connectivity index (χ2v) is 6.78. The average molecular weight is 327 g/mol. The largest absolute Gasteiger partial charge is 0.325 e. The van der Waals surface area contributed by atoms with Crippen LogP contribution in [0.3, 0.4) is 0 Å². The molecule has 0 saturated heterocycles. The lowest BCUT2D eigenvalue weighted by molar-refractivity contribution is -0.116. The minimum atomic E-state index is -0.243. The standard InChI is InChI=1S/C17H17N3O2S/c1-10-4-6-13(7-5-10)19-15(21)9-20-12(3)18-16-14(17(20)22)8-11(2)23-16/h4-8H,9H2,1-3H3,(H,19,21). The summed E-state index contributed by atoms with van der Waals surface area (Å²) in [5, 5.41) is 3.37. The van der Waals surface area contributed by atoms with Gasteiger partial charge in [0.25, 0.3) is 5.56 Å². The molecule has 0 unspecified atom stereocenters. The molecule has 2 heterocycles. The van der Waals surface area contributed by atoms with Crippen molar-refractivity contribution in [3.8, 4) is 0 Å². The Bertz CT molecular complexity index is 939. The van der Waals surface area contributed by atoms with E-state index in [9.17, 15) is 9.59 Å². The minimum Gasteiger partial charge on any atom is -0.325 e. The highest BCUT2D eigenvalue weighted by Gasteiger charge is 2.13. The van der Waals surface area contributed by atoms with Crippen molar-refractivity contribution < 1.29 is 4.79 Å². The molecule has 0 atom stereocenters. The summed E-state index contributed by atoms with van der Waals surface area (Å²) < 4.78 is 1.41. The van der Waals surface area contributed by atoms with E-state index in [0.717, 1.165) is 15.3 Å². The first-order chi connectivity index (χ1) is 10.9. The number of nitrogens with zero attached hydrogens (tertiary/aromatic N) is 2. The van der Waals surface area contributed by atoms with E-state index in [1.165, 1.54) is 15.9 Å². The van der Waals surface area contributed by atoms with Gasteiger partial charge >= 0.3 is 0 Å². The van der Waals surface area contributed by atoms with Gasteiger partial charge < -0.3 is 5.32 Å². The van der Waals surface area contributed by atoms with Crippen LogP contribution in [0.25, 0.3) is 10.2 Å². The van der Waals surface area contributed by atoms with Crippen LogP contribution in [0.15, 0.2) is 35.1 Å². The maximum absolute atomic E-state index is 12.5. The van der Waals surface area contributed by atoms with Crippen molar-refractivity contribution in [3.05, 3.63) is 57.0 Å². The summed E-state index contributed by atoms with van der Waals surface area (Å²) in [6, 6.07) is 9.35. The average Bonchev–Trinajstić information content (AvgIpc) is 2.86. The molecule has 23 heavy (non-hydrogen) atoms. The number of nitrogens with one attached hydrogen (secondary N) is 1. The fourth-order valence-corrected chi connectivity index (χ4v) is 3.32. The zero-order valence-corrected chi connectivity index (χ0v) is 14.0. The lowest BCUT2D eigenvalue weighted by Crippen LogP contribution is -2.29. The molecule has 5 nitrogen and oxygen atoms in total. The van der Waals surface area contributed by atoms with Crippen LogP contribution in [0.4, 0.5) is 5.69 Å². The Balaban J connectivity index is 1.87. The van der Waals surface area contributed by atoms with E-state index in [0.29, 0.717) is 16.9 Å². The number of anilines is 1. The van der Waals surface area contributed by atoms with Crippen LogP contribution in [0.5, 0.6) is 0 Å². The number of hydrogen-bond acceptors (Lipinski definition) is 4. The molecule has 0 aliphatic rings. The Kier molecular flexibility index (Phi) is 4.00. The number of thiophene rings is 1. The van der Waals surface area contributed by atoms with Gasteiger partial charge in [-0.3, -0.25) is 14.2 Å². The van der Waals surface area contributed by atoms with E-state index < -0.39 is 0 Å². The Morgan fingerprint density at radius 1 is 1.22 bits per heavy atom. The highest BCUT2D eigenvalue weighted by molar-refractivity contribution is 7.18. The van der Waals surface area contributed by atoms with Crippen molar-refractivity contribution in [3.63, 3.8) is 0 Å². The van der Waals surface area contributed by atoms with Gasteiger partial charge in [0.15, 0.2) is 0 Å². The molecule has 1 N–H and O–H groups in total. The maximum atomic E-state index is 12.5. The van der Waals surface area contributed by atoms with Gasteiger partial charge in [-0.2, -0.15) is 0 Å². The topological polar surface area (TPSA) is 64.0 Å². The fourth-order valence-electron chi connectivity index (χ4n) is 2.41. The van der Waals surface area contributed by atoms with Crippen molar-refractivity contribution in [1.29, 1.82) is 0 Å². The molecule has 1 aromatic carbocycles. The summed E-state index contributed by atoms with van der Waals surface area (Å²) in [4.78, 5) is 30.9. The van der Waals surface area contributed by atoms with Crippen molar-refractivity contribution in [2.75, 3.05) is 5.32 Å². The number of hydrogen-bond donors (Lipinski definition) is 1. The number of aryl methyl sites for hydroxylation is 3. The van der Waals surface area contributed by atoms with Crippen LogP contribution in [-0.4, -0.2) is 15.5 Å². The molecule has 0 bridgehead atoms. The fraction of sp³-hybridized carbons (Fsp3) is 0.235. The Morgan fingerprint density at radius 2 is 1.91 bits per heavy atom. The molecule has 0 spiro atoms. The third kappa shape index (κ3) is 3.17. The number of benzene rings is 1. The van der Waals surface area contributed by atoms with Crippen molar-refractivity contribution >= 4 is 33.1 Å². The molecule has 0 fully saturated rings. The van der Waals surface area contributed by atoms with E-state index in [-0.39, 0.29) is 18.0 Å². The SMILES string of the molecule is Cc1ccc(NC(=O)Cn2c(C)nc3sc(C)cc3c2=O)cc1. The van der Waals surface area contributed by atoms with Gasteiger partial charge in [0.1, 0.15) is 17.2 Å². The number of rotatable bonds is 3. The Morgan fingerprint density at radius 3 is 2.61 bits per heavy atom. The first kappa shape index (κ1) is 15.4. The number of carbonyl (C=O) groups is 1. The molecule has 3 rings (SSSR count). The molecule has 0 aliphatic carbocycles. The third-order valence-corrected chi connectivity index (χ3v) is 4.55. The van der Waals surface area contributed by atoms with Crippen LogP contribution in [0.2, 0.25) is 0 Å². The first-order valence-electron chi connectivity index (χ1n) is 7.28. The van der Waals surface area contributed by atoms with E-state index >= 15 is 0 Å². The van der Waals surface area contributed by atoms with Gasteiger partial charge in [0.2, 0.25) is 5.91 Å². The van der Waals surface area contributed by atoms with Crippen LogP contribution >= 0.6 is 11.3 Å². The van der Waals surface area contributed by atoms with Crippen molar-refractivity contribution in [1.82, 2.24) is 9.55 Å². The predicted octanol–water partition coefficient (Wildman–Crippen LogP) is 3.02. The van der Waals surface area contributed by atoms with E-state index in [2.05, 4.69) is 10.3 Å². The second-order valence-electron chi connectivity index (χ2n) is 5.54. The third-order valence-electron chi connectivity index (χ3n) is 3.60. The van der Waals surface area contributed by atoms with E-state index in [4.69, 9.17) is 0 Å². The zero-order chi connectivity index (χ0) is 16.6. The van der Waals surface area contributed by atoms with Crippen molar-refractivity contribution in [2.24, 2.45) is 0 Å². The maximum Gasteiger partial charge on any atom is 0.262 e. The highest BCUT2D eigenvalue weighted by atomic mass is 32.1. The van der Waals surface area contributed by atoms with Gasteiger partial charge in [-0.25, -0.2) is 4.98 Å². The summed E-state index contributed by atoms with van der Waals surface area (Å²) >= 11 is 1.49. The number of carbonyl (C=O) groups excluding carboxylic acids is 1. The van der Waals surface area contributed by atoms with Crippen LogP contribution in [-0.2, 0) is 11.3 Å². The minimum absolute atomic E-state index is 0.0453. The molecule has 0 radical (unpaired) electrons. The van der Waals surface area contributed by atoms with Crippen molar-refractivity contribution in [2.45, 2.75) is 27.3 Å². The Hall–Kier alpha value is -2.47. The molecule has 1 amide bonds. The molecule has 0 aliphatic heterocycles. The van der Waals surface area contributed by atoms with Gasteiger partial charge in [-0.15, -0.1) is 11.3 Å². The van der Waals surface area contributed by atoms with Crippen LogP contribution in [0, 0.1) is 20.8 Å². The summed E-state index contributed by atoms with van der Waals surface area (Å²) in [7, 11) is 0. The lowest BCUT2D eigenvalue weighted by atomic mass is 10.2. The van der Waals surface area contributed by atoms with Gasteiger partial charge in [-0.05, 0) is 39.0 Å². The van der Waals surface area contributed by atoms with Gasteiger partial charge in [0.05, 0.1) is 5.39 Å². The monoisotopic (exact) mass is 327 g/mol. The molecule has 118 valence electrons. The highest BCUT2D eigenvalue weighted by Crippen LogP contribution is 2.20. The quantitative estimate of drug-likeness (QED) is 0.804. The molecule has 6 heteroatoms. The zero-order valence-electron chi connectivity index (χ0n) is 13.2. The molecule has 0 saturated carbocycles. The second kappa shape index (κ2) is 5.96.